The molecule has 0 spiro atoms. The molecular weight excluding hydrogens is 102 g/mol. The molecule has 0 unspecified atom stereocenters. The Kier molecular flexibility index (Phi) is 1.80. The molecule has 1 aliphatic rings. The first-order valence-electron chi connectivity index (χ1n) is 2.74. The van der Waals surface area contributed by atoms with Crippen LogP contribution in [0.3, 0.4) is 0 Å². The summed E-state index contributed by atoms with van der Waals surface area (Å²) in [5, 5.41) is 8.51. The van der Waals surface area contributed by atoms with Gasteiger partial charge >= 0.3 is 0 Å². The second-order valence-electron chi connectivity index (χ2n) is 1.72. The third kappa shape index (κ3) is 1.17. The van der Waals surface area contributed by atoms with Crippen molar-refractivity contribution in [3.05, 3.63) is 12.2 Å². The fraction of sp³-hybridized carbons (Fsp3) is 0.500. The highest BCUT2D eigenvalue weighted by Gasteiger charge is 1.93. The summed E-state index contributed by atoms with van der Waals surface area (Å²) in [4.78, 5) is 4.03. The van der Waals surface area contributed by atoms with Crippen LogP contribution in [0, 0.1) is 0 Å². The molecule has 0 bridgehead atoms. The van der Waals surface area contributed by atoms with E-state index in [4.69, 9.17) is 5.11 Å². The zero-order valence-electron chi connectivity index (χ0n) is 4.67. The van der Waals surface area contributed by atoms with Crippen LogP contribution in [0.1, 0.15) is 6.42 Å². The molecule has 0 aliphatic carbocycles. The van der Waals surface area contributed by atoms with E-state index in [-0.39, 0.29) is 6.61 Å². The summed E-state index contributed by atoms with van der Waals surface area (Å²) >= 11 is 0. The van der Waals surface area contributed by atoms with E-state index in [1.807, 2.05) is 12.2 Å². The molecule has 0 atom stereocenters. The highest BCUT2D eigenvalue weighted by Crippen LogP contribution is 1.94. The van der Waals surface area contributed by atoms with E-state index in [9.17, 15) is 0 Å². The van der Waals surface area contributed by atoms with Gasteiger partial charge in [0.05, 0.1) is 12.3 Å². The normalized spacial score (nSPS) is 18.4. The first-order valence-corrected chi connectivity index (χ1v) is 2.74. The average Bonchev–Trinajstić information content (AvgIpc) is 1.90. The summed E-state index contributed by atoms with van der Waals surface area (Å²) in [5.74, 6) is 0. The summed E-state index contributed by atoms with van der Waals surface area (Å²) in [6.07, 6.45) is 4.91. The van der Waals surface area contributed by atoms with Gasteiger partial charge in [0, 0.05) is 6.54 Å². The Labute approximate surface area is 48.6 Å². The number of aliphatic imine (C=N–C) groups is 1. The lowest BCUT2D eigenvalue weighted by Gasteiger charge is -1.99. The lowest BCUT2D eigenvalue weighted by Crippen LogP contribution is -2.04. The van der Waals surface area contributed by atoms with Gasteiger partial charge in [0.1, 0.15) is 0 Å². The summed E-state index contributed by atoms with van der Waals surface area (Å²) < 4.78 is 0. The molecule has 2 nitrogen and oxygen atoms in total. The molecule has 0 amide bonds. The van der Waals surface area contributed by atoms with Gasteiger partial charge in [0.15, 0.2) is 0 Å². The Morgan fingerprint density at radius 3 is 3.00 bits per heavy atom. The maximum atomic E-state index is 8.51. The molecule has 1 heterocycles. The van der Waals surface area contributed by atoms with Crippen LogP contribution in [0.15, 0.2) is 17.1 Å². The quantitative estimate of drug-likeness (QED) is 0.521. The Morgan fingerprint density at radius 2 is 2.62 bits per heavy atom. The van der Waals surface area contributed by atoms with Crippen LogP contribution in [0.4, 0.5) is 0 Å². The zero-order valence-corrected chi connectivity index (χ0v) is 4.67. The molecule has 0 radical (unpaired) electrons. The minimum Gasteiger partial charge on any atom is -0.390 e. The maximum Gasteiger partial charge on any atom is 0.0848 e. The first-order chi connectivity index (χ1) is 3.93. The van der Waals surface area contributed by atoms with Crippen molar-refractivity contribution in [2.24, 2.45) is 4.99 Å². The summed E-state index contributed by atoms with van der Waals surface area (Å²) in [6, 6.07) is 0. The number of rotatable bonds is 1. The molecule has 1 aliphatic heterocycles. The molecule has 44 valence electrons. The van der Waals surface area contributed by atoms with Crippen molar-refractivity contribution in [3.8, 4) is 0 Å². The zero-order chi connectivity index (χ0) is 5.82. The van der Waals surface area contributed by atoms with Crippen LogP contribution >= 0.6 is 0 Å². The molecule has 0 saturated carbocycles. The third-order valence-electron chi connectivity index (χ3n) is 1.08. The molecule has 1 N–H and O–H groups in total. The van der Waals surface area contributed by atoms with Gasteiger partial charge in [0.2, 0.25) is 0 Å². The Balaban J connectivity index is 2.51. The average molecular weight is 111 g/mol. The van der Waals surface area contributed by atoms with E-state index in [2.05, 4.69) is 4.99 Å². The number of hydrogen-bond acceptors (Lipinski definition) is 2. The van der Waals surface area contributed by atoms with Crippen LogP contribution in [0.5, 0.6) is 0 Å². The van der Waals surface area contributed by atoms with E-state index >= 15 is 0 Å². The molecule has 0 aromatic rings. The van der Waals surface area contributed by atoms with Crippen LogP contribution in [-0.4, -0.2) is 24.0 Å². The molecule has 0 aromatic heterocycles. The first kappa shape index (κ1) is 5.51. The molecule has 0 saturated heterocycles. The third-order valence-corrected chi connectivity index (χ3v) is 1.08. The highest BCUT2D eigenvalue weighted by atomic mass is 16.3. The van der Waals surface area contributed by atoms with Crippen LogP contribution < -0.4 is 0 Å². The minimum atomic E-state index is 0.0799. The standard InChI is InChI=1S/C6H9NO/c8-5-6-3-1-2-4-7-6/h1,3,8H,2,4-5H2. The van der Waals surface area contributed by atoms with Crippen molar-refractivity contribution in [2.45, 2.75) is 6.42 Å². The summed E-state index contributed by atoms with van der Waals surface area (Å²) in [6.45, 7) is 0.920. The van der Waals surface area contributed by atoms with Crippen molar-refractivity contribution in [1.29, 1.82) is 0 Å². The van der Waals surface area contributed by atoms with Gasteiger partial charge in [-0.05, 0) is 12.5 Å². The fourth-order valence-electron chi connectivity index (χ4n) is 0.657. The Bertz CT molecular complexity index is 126. The van der Waals surface area contributed by atoms with E-state index in [0.717, 1.165) is 18.7 Å². The van der Waals surface area contributed by atoms with Crippen LogP contribution in [0.2, 0.25) is 0 Å². The maximum absolute atomic E-state index is 8.51. The number of hydrogen-bond donors (Lipinski definition) is 1. The van der Waals surface area contributed by atoms with Crippen molar-refractivity contribution in [1.82, 2.24) is 0 Å². The molecule has 8 heavy (non-hydrogen) atoms. The predicted molar refractivity (Wildman–Crippen MR) is 33.1 cm³/mol. The van der Waals surface area contributed by atoms with Gasteiger partial charge in [-0.3, -0.25) is 4.99 Å². The van der Waals surface area contributed by atoms with Crippen molar-refractivity contribution in [3.63, 3.8) is 0 Å². The monoisotopic (exact) mass is 111 g/mol. The SMILES string of the molecule is OCC1=NCCC=C1. The fourth-order valence-corrected chi connectivity index (χ4v) is 0.657. The number of dihydropyridines is 1. The second-order valence-corrected chi connectivity index (χ2v) is 1.72. The summed E-state index contributed by atoms with van der Waals surface area (Å²) in [5.41, 5.74) is 0.802. The molecule has 0 fully saturated rings. The Morgan fingerprint density at radius 1 is 1.75 bits per heavy atom. The van der Waals surface area contributed by atoms with Gasteiger partial charge in [-0.1, -0.05) is 6.08 Å². The van der Waals surface area contributed by atoms with Crippen LogP contribution in [-0.2, 0) is 0 Å². The molecule has 0 aromatic carbocycles. The van der Waals surface area contributed by atoms with Crippen LogP contribution in [0.25, 0.3) is 0 Å². The molecular formula is C6H9NO. The van der Waals surface area contributed by atoms with E-state index in [0.29, 0.717) is 0 Å². The largest absolute Gasteiger partial charge is 0.390 e. The molecule has 2 heteroatoms. The van der Waals surface area contributed by atoms with Crippen molar-refractivity contribution in [2.75, 3.05) is 13.2 Å². The smallest absolute Gasteiger partial charge is 0.0848 e. The van der Waals surface area contributed by atoms with E-state index in [1.165, 1.54) is 0 Å². The number of aliphatic hydroxyl groups is 1. The van der Waals surface area contributed by atoms with E-state index < -0.39 is 0 Å². The number of nitrogens with zero attached hydrogens (tertiary/aromatic N) is 1. The number of aliphatic hydroxyl groups excluding tert-OH is 1. The van der Waals surface area contributed by atoms with Gasteiger partial charge < -0.3 is 5.11 Å². The van der Waals surface area contributed by atoms with Gasteiger partial charge in [-0.2, -0.15) is 0 Å². The van der Waals surface area contributed by atoms with Gasteiger partial charge in [-0.25, -0.2) is 0 Å². The van der Waals surface area contributed by atoms with Gasteiger partial charge in [0.25, 0.3) is 0 Å². The lowest BCUT2D eigenvalue weighted by atomic mass is 10.2. The molecule has 1 rings (SSSR count). The van der Waals surface area contributed by atoms with E-state index in [1.54, 1.807) is 0 Å². The minimum absolute atomic E-state index is 0.0799. The van der Waals surface area contributed by atoms with Crippen molar-refractivity contribution >= 4 is 5.71 Å². The van der Waals surface area contributed by atoms with Crippen molar-refractivity contribution < 1.29 is 5.11 Å². The van der Waals surface area contributed by atoms with Gasteiger partial charge in [-0.15, -0.1) is 0 Å². The summed E-state index contributed by atoms with van der Waals surface area (Å²) in [7, 11) is 0. The predicted octanol–water partition coefficient (Wildman–Crippen LogP) is 0.380. The topological polar surface area (TPSA) is 32.6 Å². The second kappa shape index (κ2) is 2.62. The Hall–Kier alpha value is -0.630. The lowest BCUT2D eigenvalue weighted by molar-refractivity contribution is 0.357. The highest BCUT2D eigenvalue weighted by molar-refractivity contribution is 5.96.